The average molecular weight is 327 g/mol. The maximum Gasteiger partial charge on any atom is 0.227 e. The smallest absolute Gasteiger partial charge is 0.227 e. The molecule has 1 aliphatic heterocycles. The van der Waals surface area contributed by atoms with Crippen molar-refractivity contribution in [2.75, 3.05) is 19.6 Å². The van der Waals surface area contributed by atoms with E-state index < -0.39 is 0 Å². The number of piperidine rings is 1. The molecule has 1 amide bonds. The molecule has 3 rings (SSSR count). The molecule has 1 N–H and O–H groups in total. The van der Waals surface area contributed by atoms with Gasteiger partial charge in [-0.25, -0.2) is 4.39 Å². The normalized spacial score (nSPS) is 21.0. The third-order valence-electron chi connectivity index (χ3n) is 4.42. The number of carbonyl (C=O) groups excluding carboxylic acids is 1. The van der Waals surface area contributed by atoms with Crippen LogP contribution in [-0.4, -0.2) is 30.4 Å². The van der Waals surface area contributed by atoms with Crippen molar-refractivity contribution >= 4 is 18.3 Å². The fraction of sp³-hybridized carbons (Fsp3) is 0.588. The Hall–Kier alpha value is -1.13. The fourth-order valence-electron chi connectivity index (χ4n) is 2.98. The molecular weight excluding hydrogens is 303 g/mol. The van der Waals surface area contributed by atoms with Crippen LogP contribution in [0.2, 0.25) is 0 Å². The number of nitrogens with one attached hydrogen (secondary N) is 1. The van der Waals surface area contributed by atoms with Crippen LogP contribution in [0.15, 0.2) is 24.3 Å². The predicted molar refractivity (Wildman–Crippen MR) is 87.4 cm³/mol. The fourth-order valence-corrected chi connectivity index (χ4v) is 2.98. The molecule has 1 unspecified atom stereocenters. The third-order valence-corrected chi connectivity index (χ3v) is 4.42. The molecule has 1 heterocycles. The lowest BCUT2D eigenvalue weighted by Gasteiger charge is -2.30. The maximum absolute atomic E-state index is 13.0. The molecule has 1 aromatic carbocycles. The van der Waals surface area contributed by atoms with Crippen molar-refractivity contribution in [3.05, 3.63) is 35.6 Å². The number of carbonyl (C=O) groups is 1. The standard InChI is InChI=1S/C17H23FN2O.ClH/c18-16-7-5-14(6-8-16)12-20(11-13-3-4-13)17(21)15-2-1-9-19-10-15;/h5-8,13,15,19H,1-4,9-12H2;1H. The first-order valence-electron chi connectivity index (χ1n) is 7.96. The second-order valence-electron chi connectivity index (χ2n) is 6.33. The highest BCUT2D eigenvalue weighted by molar-refractivity contribution is 5.85. The van der Waals surface area contributed by atoms with Gasteiger partial charge in [0.1, 0.15) is 5.82 Å². The molecule has 22 heavy (non-hydrogen) atoms. The lowest BCUT2D eigenvalue weighted by molar-refractivity contribution is -0.137. The highest BCUT2D eigenvalue weighted by Crippen LogP contribution is 2.31. The van der Waals surface area contributed by atoms with Gasteiger partial charge in [-0.3, -0.25) is 4.79 Å². The van der Waals surface area contributed by atoms with E-state index >= 15 is 0 Å². The molecule has 0 aromatic heterocycles. The zero-order valence-corrected chi connectivity index (χ0v) is 13.6. The summed E-state index contributed by atoms with van der Waals surface area (Å²) in [6.07, 6.45) is 4.52. The minimum Gasteiger partial charge on any atom is -0.338 e. The summed E-state index contributed by atoms with van der Waals surface area (Å²) in [5.74, 6) is 0.817. The molecule has 0 bridgehead atoms. The zero-order valence-electron chi connectivity index (χ0n) is 12.8. The molecule has 1 saturated heterocycles. The molecule has 0 spiro atoms. The Balaban J connectivity index is 0.00000176. The SMILES string of the molecule is Cl.O=C(C1CCCNC1)N(Cc1ccc(F)cc1)CC1CC1. The van der Waals surface area contributed by atoms with Crippen molar-refractivity contribution < 1.29 is 9.18 Å². The molecule has 122 valence electrons. The van der Waals surface area contributed by atoms with Crippen LogP contribution in [0.5, 0.6) is 0 Å². The molecule has 3 nitrogen and oxygen atoms in total. The van der Waals surface area contributed by atoms with Crippen molar-refractivity contribution in [2.45, 2.75) is 32.2 Å². The number of hydrogen-bond donors (Lipinski definition) is 1. The number of nitrogens with zero attached hydrogens (tertiary/aromatic N) is 1. The topological polar surface area (TPSA) is 32.3 Å². The Morgan fingerprint density at radius 3 is 2.55 bits per heavy atom. The summed E-state index contributed by atoms with van der Waals surface area (Å²) in [4.78, 5) is 14.7. The summed E-state index contributed by atoms with van der Waals surface area (Å²) < 4.78 is 13.0. The summed E-state index contributed by atoms with van der Waals surface area (Å²) in [6.45, 7) is 3.27. The van der Waals surface area contributed by atoms with E-state index in [2.05, 4.69) is 5.32 Å². The summed E-state index contributed by atoms with van der Waals surface area (Å²) in [5, 5.41) is 3.31. The van der Waals surface area contributed by atoms with Gasteiger partial charge in [-0.2, -0.15) is 0 Å². The number of amides is 1. The van der Waals surface area contributed by atoms with Crippen LogP contribution in [0.1, 0.15) is 31.2 Å². The van der Waals surface area contributed by atoms with E-state index in [0.717, 1.165) is 38.0 Å². The van der Waals surface area contributed by atoms with Gasteiger partial charge in [-0.15, -0.1) is 12.4 Å². The van der Waals surface area contributed by atoms with Gasteiger partial charge in [0, 0.05) is 19.6 Å². The lowest BCUT2D eigenvalue weighted by atomic mass is 9.97. The summed E-state index contributed by atoms with van der Waals surface area (Å²) in [7, 11) is 0. The molecule has 2 aliphatic rings. The minimum atomic E-state index is -0.227. The Morgan fingerprint density at radius 1 is 1.23 bits per heavy atom. The van der Waals surface area contributed by atoms with Gasteiger partial charge in [0.05, 0.1) is 5.92 Å². The summed E-state index contributed by atoms with van der Waals surface area (Å²) >= 11 is 0. The van der Waals surface area contributed by atoms with Crippen molar-refractivity contribution in [3.8, 4) is 0 Å². The number of benzene rings is 1. The quantitative estimate of drug-likeness (QED) is 0.902. The van der Waals surface area contributed by atoms with Crippen LogP contribution in [0.3, 0.4) is 0 Å². The number of hydrogen-bond acceptors (Lipinski definition) is 2. The van der Waals surface area contributed by atoms with Gasteiger partial charge in [-0.1, -0.05) is 12.1 Å². The molecule has 1 atom stereocenters. The maximum atomic E-state index is 13.0. The second-order valence-corrected chi connectivity index (χ2v) is 6.33. The first-order valence-corrected chi connectivity index (χ1v) is 7.96. The minimum absolute atomic E-state index is 0. The highest BCUT2D eigenvalue weighted by Gasteiger charge is 2.31. The average Bonchev–Trinajstić information content (AvgIpc) is 3.33. The summed E-state index contributed by atoms with van der Waals surface area (Å²) in [6, 6.07) is 6.50. The van der Waals surface area contributed by atoms with Gasteiger partial charge < -0.3 is 10.2 Å². The molecule has 1 aromatic rings. The van der Waals surface area contributed by atoms with E-state index in [1.165, 1.54) is 25.0 Å². The van der Waals surface area contributed by atoms with Gasteiger partial charge >= 0.3 is 0 Å². The van der Waals surface area contributed by atoms with Crippen LogP contribution in [0.4, 0.5) is 4.39 Å². The molecule has 1 aliphatic carbocycles. The largest absolute Gasteiger partial charge is 0.338 e. The van der Waals surface area contributed by atoms with Crippen LogP contribution in [0.25, 0.3) is 0 Å². The van der Waals surface area contributed by atoms with E-state index in [0.29, 0.717) is 12.5 Å². The van der Waals surface area contributed by atoms with E-state index in [1.54, 1.807) is 12.1 Å². The predicted octanol–water partition coefficient (Wildman–Crippen LogP) is 2.99. The number of rotatable bonds is 5. The number of halogens is 2. The van der Waals surface area contributed by atoms with E-state index in [-0.39, 0.29) is 30.0 Å². The monoisotopic (exact) mass is 326 g/mol. The van der Waals surface area contributed by atoms with Crippen molar-refractivity contribution in [3.63, 3.8) is 0 Å². The Kier molecular flexibility index (Phi) is 6.21. The highest BCUT2D eigenvalue weighted by atomic mass is 35.5. The van der Waals surface area contributed by atoms with Crippen molar-refractivity contribution in [1.29, 1.82) is 0 Å². The molecule has 0 radical (unpaired) electrons. The van der Waals surface area contributed by atoms with Crippen LogP contribution in [0, 0.1) is 17.7 Å². The molecular formula is C17H24ClFN2O. The molecule has 2 fully saturated rings. The van der Waals surface area contributed by atoms with Gasteiger partial charge in [0.25, 0.3) is 0 Å². The van der Waals surface area contributed by atoms with Crippen molar-refractivity contribution in [1.82, 2.24) is 10.2 Å². The summed E-state index contributed by atoms with van der Waals surface area (Å²) in [5.41, 5.74) is 1.01. The Bertz CT molecular complexity index is 484. The van der Waals surface area contributed by atoms with Crippen LogP contribution >= 0.6 is 12.4 Å². The van der Waals surface area contributed by atoms with Gasteiger partial charge in [0.15, 0.2) is 0 Å². The Labute approximate surface area is 137 Å². The van der Waals surface area contributed by atoms with Crippen molar-refractivity contribution in [2.24, 2.45) is 11.8 Å². The first-order chi connectivity index (χ1) is 10.2. The van der Waals surface area contributed by atoms with Gasteiger partial charge in [0.2, 0.25) is 5.91 Å². The molecule has 5 heteroatoms. The van der Waals surface area contributed by atoms with E-state index in [4.69, 9.17) is 0 Å². The van der Waals surface area contributed by atoms with E-state index in [1.807, 2.05) is 4.90 Å². The van der Waals surface area contributed by atoms with Crippen LogP contribution < -0.4 is 5.32 Å². The third kappa shape index (κ3) is 4.68. The second kappa shape index (κ2) is 7.93. The van der Waals surface area contributed by atoms with Crippen LogP contribution in [-0.2, 0) is 11.3 Å². The molecule has 1 saturated carbocycles. The van der Waals surface area contributed by atoms with E-state index in [9.17, 15) is 9.18 Å². The van der Waals surface area contributed by atoms with Gasteiger partial charge in [-0.05, 0) is 55.8 Å². The zero-order chi connectivity index (χ0) is 14.7. The first kappa shape index (κ1) is 17.2. The lowest BCUT2D eigenvalue weighted by Crippen LogP contribution is -2.43. The Morgan fingerprint density at radius 2 is 1.95 bits per heavy atom.